The second kappa shape index (κ2) is 4.91. The first-order valence-corrected chi connectivity index (χ1v) is 7.05. The Hall–Kier alpha value is -1.45. The van der Waals surface area contributed by atoms with Crippen LogP contribution in [0.1, 0.15) is 25.7 Å². The maximum Gasteiger partial charge on any atom is 0.167 e. The van der Waals surface area contributed by atoms with Crippen LogP contribution in [-0.2, 0) is 0 Å². The van der Waals surface area contributed by atoms with E-state index in [1.807, 2.05) is 0 Å². The molecule has 2 aliphatic carbocycles. The molecule has 3 nitrogen and oxygen atoms in total. The molecular formula is C15H21FN2O. The molecule has 0 amide bonds. The normalized spacial score (nSPS) is 18.4. The Kier molecular flexibility index (Phi) is 3.25. The van der Waals surface area contributed by atoms with Crippen LogP contribution in [0.2, 0.25) is 0 Å². The number of hydrogen-bond acceptors (Lipinski definition) is 3. The number of nitrogens with zero attached hydrogens (tertiary/aromatic N) is 1. The molecule has 19 heavy (non-hydrogen) atoms. The van der Waals surface area contributed by atoms with Crippen molar-refractivity contribution in [1.82, 2.24) is 0 Å². The lowest BCUT2D eigenvalue weighted by Crippen LogP contribution is -2.29. The summed E-state index contributed by atoms with van der Waals surface area (Å²) in [6.45, 7) is 2.07. The van der Waals surface area contributed by atoms with E-state index in [2.05, 4.69) is 4.90 Å². The highest BCUT2D eigenvalue weighted by Crippen LogP contribution is 2.39. The van der Waals surface area contributed by atoms with Gasteiger partial charge in [0.25, 0.3) is 0 Å². The molecule has 0 spiro atoms. The van der Waals surface area contributed by atoms with Crippen molar-refractivity contribution >= 4 is 11.4 Å². The molecule has 0 radical (unpaired) electrons. The van der Waals surface area contributed by atoms with Gasteiger partial charge in [-0.15, -0.1) is 0 Å². The lowest BCUT2D eigenvalue weighted by atomic mass is 10.2. The summed E-state index contributed by atoms with van der Waals surface area (Å²) in [4.78, 5) is 2.33. The van der Waals surface area contributed by atoms with Crippen LogP contribution >= 0.6 is 0 Å². The van der Waals surface area contributed by atoms with Crippen LogP contribution in [0.3, 0.4) is 0 Å². The Morgan fingerprint density at radius 2 is 1.79 bits per heavy atom. The number of ether oxygens (including phenoxy) is 1. The summed E-state index contributed by atoms with van der Waals surface area (Å²) in [6, 6.07) is 3.12. The molecule has 1 aromatic rings. The number of halogens is 1. The van der Waals surface area contributed by atoms with Crippen molar-refractivity contribution in [2.75, 3.05) is 30.8 Å². The van der Waals surface area contributed by atoms with Crippen molar-refractivity contribution in [3.63, 3.8) is 0 Å². The van der Waals surface area contributed by atoms with Gasteiger partial charge < -0.3 is 15.4 Å². The minimum atomic E-state index is -0.387. The van der Waals surface area contributed by atoms with Crippen molar-refractivity contribution in [3.05, 3.63) is 17.9 Å². The molecule has 2 N–H and O–H groups in total. The summed E-state index contributed by atoms with van der Waals surface area (Å²) in [5, 5.41) is 0. The van der Waals surface area contributed by atoms with Crippen molar-refractivity contribution in [1.29, 1.82) is 0 Å². The number of hydrogen-bond donors (Lipinski definition) is 1. The highest BCUT2D eigenvalue weighted by molar-refractivity contribution is 5.70. The van der Waals surface area contributed by atoms with E-state index in [1.165, 1.54) is 38.9 Å². The first-order chi connectivity index (χ1) is 9.17. The lowest BCUT2D eigenvalue weighted by Gasteiger charge is -2.26. The van der Waals surface area contributed by atoms with Crippen LogP contribution in [-0.4, -0.2) is 20.2 Å². The van der Waals surface area contributed by atoms with E-state index in [0.29, 0.717) is 5.69 Å². The minimum Gasteiger partial charge on any atom is -0.494 e. The van der Waals surface area contributed by atoms with Gasteiger partial charge in [-0.05, 0) is 37.5 Å². The summed E-state index contributed by atoms with van der Waals surface area (Å²) in [5.74, 6) is 1.46. The van der Waals surface area contributed by atoms with E-state index < -0.39 is 0 Å². The molecule has 104 valence electrons. The summed E-state index contributed by atoms with van der Waals surface area (Å²) in [6.07, 6.45) is 5.22. The van der Waals surface area contributed by atoms with Crippen molar-refractivity contribution in [3.8, 4) is 5.75 Å². The van der Waals surface area contributed by atoms with Crippen molar-refractivity contribution in [2.45, 2.75) is 25.7 Å². The molecular weight excluding hydrogens is 243 g/mol. The Balaban J connectivity index is 1.85. The third kappa shape index (κ3) is 2.94. The van der Waals surface area contributed by atoms with Gasteiger partial charge in [0, 0.05) is 25.2 Å². The van der Waals surface area contributed by atoms with Gasteiger partial charge in [0.15, 0.2) is 11.6 Å². The zero-order chi connectivity index (χ0) is 13.4. The number of nitrogen functional groups attached to an aromatic ring is 1. The van der Waals surface area contributed by atoms with Gasteiger partial charge >= 0.3 is 0 Å². The Labute approximate surface area is 113 Å². The molecule has 0 heterocycles. The fourth-order valence-corrected chi connectivity index (χ4v) is 2.48. The molecule has 4 heteroatoms. The first kappa shape index (κ1) is 12.6. The van der Waals surface area contributed by atoms with Crippen LogP contribution < -0.4 is 15.4 Å². The summed E-state index contributed by atoms with van der Waals surface area (Å²) in [5.41, 5.74) is 7.44. The number of benzene rings is 1. The number of rotatable bonds is 6. The maximum absolute atomic E-state index is 13.6. The average Bonchev–Trinajstić information content (AvgIpc) is 3.24. The maximum atomic E-state index is 13.6. The van der Waals surface area contributed by atoms with E-state index in [0.717, 1.165) is 30.6 Å². The highest BCUT2D eigenvalue weighted by atomic mass is 19.1. The summed E-state index contributed by atoms with van der Waals surface area (Å²) in [7, 11) is 1.49. The summed E-state index contributed by atoms with van der Waals surface area (Å²) < 4.78 is 18.7. The van der Waals surface area contributed by atoms with Gasteiger partial charge in [-0.3, -0.25) is 0 Å². The van der Waals surface area contributed by atoms with E-state index in [1.54, 1.807) is 6.07 Å². The standard InChI is InChI=1S/C15H21FN2O/c1-19-15-7-14(13(17)6-12(15)16)18(8-10-2-3-10)9-11-4-5-11/h6-7,10-11H,2-5,8-9,17H2,1H3. The second-order valence-electron chi connectivity index (χ2n) is 5.84. The fraction of sp³-hybridized carbons (Fsp3) is 0.600. The smallest absolute Gasteiger partial charge is 0.167 e. The first-order valence-electron chi connectivity index (χ1n) is 7.05. The van der Waals surface area contributed by atoms with Crippen LogP contribution in [0.5, 0.6) is 5.75 Å². The molecule has 0 aromatic heterocycles. The van der Waals surface area contributed by atoms with E-state index in [-0.39, 0.29) is 11.6 Å². The number of methoxy groups -OCH3 is 1. The van der Waals surface area contributed by atoms with Crippen LogP contribution in [0.25, 0.3) is 0 Å². The fourth-order valence-electron chi connectivity index (χ4n) is 2.48. The van der Waals surface area contributed by atoms with Gasteiger partial charge in [-0.25, -0.2) is 4.39 Å². The zero-order valence-corrected chi connectivity index (χ0v) is 11.4. The van der Waals surface area contributed by atoms with Crippen LogP contribution in [0.15, 0.2) is 12.1 Å². The topological polar surface area (TPSA) is 38.5 Å². The third-order valence-electron chi connectivity index (χ3n) is 3.99. The molecule has 0 saturated heterocycles. The third-order valence-corrected chi connectivity index (χ3v) is 3.99. The quantitative estimate of drug-likeness (QED) is 0.803. The number of nitrogens with two attached hydrogens (primary N) is 1. The van der Waals surface area contributed by atoms with Crippen molar-refractivity contribution < 1.29 is 9.13 Å². The SMILES string of the molecule is COc1cc(N(CC2CC2)CC2CC2)c(N)cc1F. The van der Waals surface area contributed by atoms with Gasteiger partial charge in [0.2, 0.25) is 0 Å². The lowest BCUT2D eigenvalue weighted by molar-refractivity contribution is 0.386. The Morgan fingerprint density at radius 3 is 2.26 bits per heavy atom. The van der Waals surface area contributed by atoms with E-state index in [4.69, 9.17) is 10.5 Å². The number of anilines is 2. The molecule has 2 aliphatic rings. The molecule has 0 atom stereocenters. The van der Waals surface area contributed by atoms with Crippen LogP contribution in [0.4, 0.5) is 15.8 Å². The molecule has 0 bridgehead atoms. The van der Waals surface area contributed by atoms with E-state index in [9.17, 15) is 4.39 Å². The van der Waals surface area contributed by atoms with Crippen LogP contribution in [0, 0.1) is 17.7 Å². The average molecular weight is 264 g/mol. The minimum absolute atomic E-state index is 0.279. The zero-order valence-electron chi connectivity index (χ0n) is 11.4. The predicted octanol–water partition coefficient (Wildman–Crippen LogP) is 3.04. The molecule has 3 rings (SSSR count). The molecule has 2 fully saturated rings. The largest absolute Gasteiger partial charge is 0.494 e. The Morgan fingerprint density at radius 1 is 1.21 bits per heavy atom. The second-order valence-corrected chi connectivity index (χ2v) is 5.84. The summed E-state index contributed by atoms with van der Waals surface area (Å²) >= 11 is 0. The van der Waals surface area contributed by atoms with Gasteiger partial charge in [0.05, 0.1) is 18.5 Å². The molecule has 2 saturated carbocycles. The predicted molar refractivity (Wildman–Crippen MR) is 75.0 cm³/mol. The van der Waals surface area contributed by atoms with Gasteiger partial charge in [-0.2, -0.15) is 0 Å². The highest BCUT2D eigenvalue weighted by Gasteiger charge is 2.30. The molecule has 1 aromatic carbocycles. The van der Waals surface area contributed by atoms with Crippen molar-refractivity contribution in [2.24, 2.45) is 11.8 Å². The molecule has 0 aliphatic heterocycles. The van der Waals surface area contributed by atoms with Gasteiger partial charge in [0.1, 0.15) is 0 Å². The monoisotopic (exact) mass is 264 g/mol. The Bertz CT molecular complexity index is 455. The molecule has 0 unspecified atom stereocenters. The van der Waals surface area contributed by atoms with E-state index >= 15 is 0 Å². The van der Waals surface area contributed by atoms with Gasteiger partial charge in [-0.1, -0.05) is 0 Å².